The predicted octanol–water partition coefficient (Wildman–Crippen LogP) is 1.40. The number of hydrogen-bond donors (Lipinski definition) is 1. The van der Waals surface area contributed by atoms with Crippen LogP contribution in [0.4, 0.5) is 10.1 Å². The Morgan fingerprint density at radius 2 is 1.83 bits per heavy atom. The molecule has 0 radical (unpaired) electrons. The topological polar surface area (TPSA) is 62.1 Å². The molecule has 6 nitrogen and oxygen atoms in total. The molecule has 2 aliphatic heterocycles. The number of Topliss-reactive ketones (excluding diaryl/α,β-unsaturated/α-hetero) is 1. The fourth-order valence-corrected chi connectivity index (χ4v) is 5.07. The van der Waals surface area contributed by atoms with Crippen molar-refractivity contribution in [3.8, 4) is 0 Å². The molecule has 0 atom stereocenters. The number of piperazine rings is 1. The molecule has 3 aliphatic rings. The van der Waals surface area contributed by atoms with Crippen molar-refractivity contribution < 1.29 is 23.7 Å². The summed E-state index contributed by atoms with van der Waals surface area (Å²) in [6, 6.07) is 4.62. The van der Waals surface area contributed by atoms with Crippen molar-refractivity contribution in [1.29, 1.82) is 0 Å². The largest absolute Gasteiger partial charge is 0.358 e. The smallest absolute Gasteiger partial charge is 0.240 e. The Morgan fingerprint density at radius 3 is 2.45 bits per heavy atom. The first-order valence-corrected chi connectivity index (χ1v) is 10.6. The Hall–Kier alpha value is -2.28. The zero-order valence-corrected chi connectivity index (χ0v) is 17.0. The van der Waals surface area contributed by atoms with Crippen LogP contribution in [0.3, 0.4) is 0 Å². The number of carbonyl (C=O) groups excluding carboxylic acids is 3. The molecule has 2 saturated heterocycles. The van der Waals surface area contributed by atoms with Crippen molar-refractivity contribution >= 4 is 23.3 Å². The van der Waals surface area contributed by atoms with Crippen LogP contribution in [0.1, 0.15) is 55.8 Å². The summed E-state index contributed by atoms with van der Waals surface area (Å²) in [4.78, 5) is 41.6. The van der Waals surface area contributed by atoms with E-state index in [1.165, 1.54) is 22.8 Å². The molecule has 1 aromatic carbocycles. The number of halogens is 1. The first-order valence-electron chi connectivity index (χ1n) is 10.6. The molecule has 7 heteroatoms. The van der Waals surface area contributed by atoms with E-state index in [0.29, 0.717) is 37.4 Å². The number of amides is 2. The zero-order chi connectivity index (χ0) is 20.6. The Bertz CT molecular complexity index is 827. The van der Waals surface area contributed by atoms with Crippen LogP contribution >= 0.6 is 0 Å². The van der Waals surface area contributed by atoms with Crippen LogP contribution in [0.15, 0.2) is 18.2 Å². The van der Waals surface area contributed by atoms with Crippen molar-refractivity contribution in [2.45, 2.75) is 45.4 Å². The minimum absolute atomic E-state index is 0.0299. The van der Waals surface area contributed by atoms with E-state index in [2.05, 4.69) is 0 Å². The van der Waals surface area contributed by atoms with Gasteiger partial charge in [-0.2, -0.15) is 0 Å². The Kier molecular flexibility index (Phi) is 5.42. The molecule has 156 valence electrons. The number of anilines is 1. The van der Waals surface area contributed by atoms with Crippen molar-refractivity contribution in [2.75, 3.05) is 37.7 Å². The SMILES string of the molecule is CC(=O)c1ccc(N2CC[NH+](CN3C(=O)CC4(CCCCC4)C3=O)CC2)c(F)c1. The minimum atomic E-state index is -0.432. The van der Waals surface area contributed by atoms with E-state index < -0.39 is 5.41 Å². The maximum Gasteiger partial charge on any atom is 0.240 e. The monoisotopic (exact) mass is 402 g/mol. The molecular weight excluding hydrogens is 373 g/mol. The van der Waals surface area contributed by atoms with E-state index in [0.717, 1.165) is 45.2 Å². The second-order valence-electron chi connectivity index (χ2n) is 8.76. The van der Waals surface area contributed by atoms with E-state index in [1.54, 1.807) is 12.1 Å². The van der Waals surface area contributed by atoms with Crippen LogP contribution in [0.5, 0.6) is 0 Å². The molecule has 29 heavy (non-hydrogen) atoms. The molecule has 3 fully saturated rings. The van der Waals surface area contributed by atoms with Crippen molar-refractivity contribution in [3.05, 3.63) is 29.6 Å². The fraction of sp³-hybridized carbons (Fsp3) is 0.591. The standard InChI is InChI=1S/C22H28FN3O3/c1-16(27)17-5-6-19(18(23)13-17)25-11-9-24(10-12-25)15-26-20(28)14-22(21(26)29)7-3-2-4-8-22/h5-6,13H,2-4,7-12,14-15H2,1H3/p+1. The molecule has 0 aromatic heterocycles. The number of benzene rings is 1. The van der Waals surface area contributed by atoms with Crippen LogP contribution in [0.25, 0.3) is 0 Å². The normalized spacial score (nSPS) is 22.6. The van der Waals surface area contributed by atoms with Gasteiger partial charge in [0.25, 0.3) is 0 Å². The Balaban J connectivity index is 1.36. The van der Waals surface area contributed by atoms with Gasteiger partial charge in [0.15, 0.2) is 12.5 Å². The lowest BCUT2D eigenvalue weighted by molar-refractivity contribution is -0.908. The highest BCUT2D eigenvalue weighted by Gasteiger charge is 2.52. The number of hydrogen-bond acceptors (Lipinski definition) is 4. The number of quaternary nitrogens is 1. The quantitative estimate of drug-likeness (QED) is 0.611. The maximum atomic E-state index is 14.4. The van der Waals surface area contributed by atoms with Crippen LogP contribution in [0, 0.1) is 11.2 Å². The lowest BCUT2D eigenvalue weighted by Crippen LogP contribution is -3.16. The minimum Gasteiger partial charge on any atom is -0.358 e. The second-order valence-corrected chi connectivity index (χ2v) is 8.76. The third-order valence-corrected chi connectivity index (χ3v) is 6.85. The summed E-state index contributed by atoms with van der Waals surface area (Å²) >= 11 is 0. The first-order chi connectivity index (χ1) is 13.9. The lowest BCUT2D eigenvalue weighted by atomic mass is 9.73. The van der Waals surface area contributed by atoms with Gasteiger partial charge in [-0.15, -0.1) is 0 Å². The summed E-state index contributed by atoms with van der Waals surface area (Å²) in [6.45, 7) is 4.60. The van der Waals surface area contributed by atoms with Crippen LogP contribution in [-0.4, -0.2) is 55.3 Å². The van der Waals surface area contributed by atoms with Gasteiger partial charge in [0.1, 0.15) is 5.82 Å². The summed E-state index contributed by atoms with van der Waals surface area (Å²) in [7, 11) is 0. The van der Waals surface area contributed by atoms with E-state index in [1.807, 2.05) is 4.90 Å². The number of nitrogens with one attached hydrogen (secondary N) is 1. The van der Waals surface area contributed by atoms with Gasteiger partial charge in [0, 0.05) is 12.0 Å². The third kappa shape index (κ3) is 3.80. The van der Waals surface area contributed by atoms with E-state index in [4.69, 9.17) is 0 Å². The summed E-state index contributed by atoms with van der Waals surface area (Å²) in [5.41, 5.74) is 0.444. The highest BCUT2D eigenvalue weighted by molar-refractivity contribution is 6.05. The molecule has 1 N–H and O–H groups in total. The molecular formula is C22H29FN3O3+. The number of imide groups is 1. The number of rotatable bonds is 4. The molecule has 1 saturated carbocycles. The highest BCUT2D eigenvalue weighted by atomic mass is 19.1. The van der Waals surface area contributed by atoms with Gasteiger partial charge in [-0.3, -0.25) is 14.4 Å². The highest BCUT2D eigenvalue weighted by Crippen LogP contribution is 2.44. The number of likely N-dealkylation sites (tertiary alicyclic amines) is 1. The molecule has 4 rings (SSSR count). The van der Waals surface area contributed by atoms with E-state index >= 15 is 0 Å². The Morgan fingerprint density at radius 1 is 1.14 bits per heavy atom. The van der Waals surface area contributed by atoms with Crippen molar-refractivity contribution in [1.82, 2.24) is 4.90 Å². The fourth-order valence-electron chi connectivity index (χ4n) is 5.07. The van der Waals surface area contributed by atoms with Gasteiger partial charge in [-0.25, -0.2) is 9.29 Å². The van der Waals surface area contributed by atoms with Crippen LogP contribution < -0.4 is 9.80 Å². The van der Waals surface area contributed by atoms with Crippen molar-refractivity contribution in [3.63, 3.8) is 0 Å². The van der Waals surface area contributed by atoms with Crippen LogP contribution in [-0.2, 0) is 9.59 Å². The number of nitrogens with zero attached hydrogens (tertiary/aromatic N) is 2. The third-order valence-electron chi connectivity index (χ3n) is 6.85. The van der Waals surface area contributed by atoms with Crippen molar-refractivity contribution in [2.24, 2.45) is 5.41 Å². The zero-order valence-electron chi connectivity index (χ0n) is 17.0. The molecule has 2 heterocycles. The summed E-state index contributed by atoms with van der Waals surface area (Å²) in [5, 5.41) is 0. The van der Waals surface area contributed by atoms with Gasteiger partial charge < -0.3 is 9.80 Å². The molecule has 1 aromatic rings. The average Bonchev–Trinajstić information content (AvgIpc) is 2.93. The van der Waals surface area contributed by atoms with Gasteiger partial charge in [0.05, 0.1) is 37.3 Å². The number of ketones is 1. The lowest BCUT2D eigenvalue weighted by Gasteiger charge is -2.35. The molecule has 0 bridgehead atoms. The molecule has 0 unspecified atom stereocenters. The van der Waals surface area contributed by atoms with Gasteiger partial charge >= 0.3 is 0 Å². The van der Waals surface area contributed by atoms with Gasteiger partial charge in [-0.1, -0.05) is 19.3 Å². The predicted molar refractivity (Wildman–Crippen MR) is 106 cm³/mol. The number of carbonyl (C=O) groups is 3. The van der Waals surface area contributed by atoms with Crippen LogP contribution in [0.2, 0.25) is 0 Å². The first kappa shape index (κ1) is 20.0. The summed E-state index contributed by atoms with van der Waals surface area (Å²) in [5.74, 6) is -0.536. The Labute approximate surface area is 170 Å². The second kappa shape index (κ2) is 7.86. The summed E-state index contributed by atoms with van der Waals surface area (Å²) in [6.07, 6.45) is 5.28. The van der Waals surface area contributed by atoms with E-state index in [-0.39, 0.29) is 23.4 Å². The maximum absolute atomic E-state index is 14.4. The van der Waals surface area contributed by atoms with Gasteiger partial charge in [0.2, 0.25) is 11.8 Å². The van der Waals surface area contributed by atoms with Gasteiger partial charge in [-0.05, 0) is 38.0 Å². The average molecular weight is 402 g/mol. The summed E-state index contributed by atoms with van der Waals surface area (Å²) < 4.78 is 14.4. The van der Waals surface area contributed by atoms with E-state index in [9.17, 15) is 18.8 Å². The molecule has 1 aliphatic carbocycles. The molecule has 2 amide bonds. The molecule has 1 spiro atoms.